The SMILES string of the molecule is Cc1nn(Cc2ccccc2)c(C)c1C(=O)N(C)CC(=O)NCc1ccco1. The standard InChI is InChI=1S/C21H24N4O3/c1-15-20(16(2)25(23-15)13-17-8-5-4-6-9-17)21(27)24(3)14-19(26)22-12-18-10-7-11-28-18/h4-11H,12-14H2,1-3H3,(H,22,26). The van der Waals surface area contributed by atoms with E-state index in [1.807, 2.05) is 48.9 Å². The predicted octanol–water partition coefficient (Wildman–Crippen LogP) is 2.53. The average Bonchev–Trinajstić information content (AvgIpc) is 3.29. The number of carbonyl (C=O) groups is 2. The van der Waals surface area contributed by atoms with Crippen LogP contribution in [-0.4, -0.2) is 40.1 Å². The molecule has 0 spiro atoms. The molecule has 7 heteroatoms. The normalized spacial score (nSPS) is 10.7. The third-order valence-corrected chi connectivity index (χ3v) is 4.54. The number of nitrogens with one attached hydrogen (secondary N) is 1. The Morgan fingerprint density at radius 2 is 1.89 bits per heavy atom. The van der Waals surface area contributed by atoms with Gasteiger partial charge in [-0.25, -0.2) is 0 Å². The van der Waals surface area contributed by atoms with Crippen LogP contribution in [0.25, 0.3) is 0 Å². The topological polar surface area (TPSA) is 80.4 Å². The first-order valence-electron chi connectivity index (χ1n) is 9.08. The molecule has 0 aliphatic heterocycles. The van der Waals surface area contributed by atoms with Gasteiger partial charge in [0, 0.05) is 12.7 Å². The van der Waals surface area contributed by atoms with Gasteiger partial charge in [0.25, 0.3) is 5.91 Å². The molecule has 0 aliphatic rings. The lowest BCUT2D eigenvalue weighted by Crippen LogP contribution is -2.38. The van der Waals surface area contributed by atoms with Crippen LogP contribution in [0.2, 0.25) is 0 Å². The largest absolute Gasteiger partial charge is 0.467 e. The van der Waals surface area contributed by atoms with Crippen LogP contribution in [0.4, 0.5) is 0 Å². The maximum Gasteiger partial charge on any atom is 0.257 e. The molecule has 2 heterocycles. The molecule has 0 unspecified atom stereocenters. The number of rotatable bonds is 7. The number of hydrogen-bond acceptors (Lipinski definition) is 4. The van der Waals surface area contributed by atoms with E-state index in [1.54, 1.807) is 25.4 Å². The first-order valence-corrected chi connectivity index (χ1v) is 9.08. The minimum absolute atomic E-state index is 0.0394. The van der Waals surface area contributed by atoms with Crippen LogP contribution in [0.5, 0.6) is 0 Å². The van der Waals surface area contributed by atoms with Crippen molar-refractivity contribution in [2.24, 2.45) is 0 Å². The molecule has 3 rings (SSSR count). The van der Waals surface area contributed by atoms with E-state index in [0.29, 0.717) is 30.1 Å². The van der Waals surface area contributed by atoms with Crippen LogP contribution >= 0.6 is 0 Å². The molecule has 3 aromatic rings. The average molecular weight is 380 g/mol. The van der Waals surface area contributed by atoms with Crippen molar-refractivity contribution in [3.8, 4) is 0 Å². The van der Waals surface area contributed by atoms with E-state index in [4.69, 9.17) is 4.42 Å². The molecular weight excluding hydrogens is 356 g/mol. The van der Waals surface area contributed by atoms with Crippen molar-refractivity contribution >= 4 is 11.8 Å². The van der Waals surface area contributed by atoms with Gasteiger partial charge >= 0.3 is 0 Å². The molecule has 0 bridgehead atoms. The Balaban J connectivity index is 1.65. The quantitative estimate of drug-likeness (QED) is 0.683. The van der Waals surface area contributed by atoms with Crippen molar-refractivity contribution in [2.45, 2.75) is 26.9 Å². The van der Waals surface area contributed by atoms with Gasteiger partial charge in [-0.2, -0.15) is 5.10 Å². The van der Waals surface area contributed by atoms with Crippen molar-refractivity contribution in [1.29, 1.82) is 0 Å². The molecule has 0 saturated heterocycles. The Morgan fingerprint density at radius 3 is 2.57 bits per heavy atom. The van der Waals surface area contributed by atoms with Gasteiger partial charge in [-0.1, -0.05) is 30.3 Å². The summed E-state index contributed by atoms with van der Waals surface area (Å²) >= 11 is 0. The van der Waals surface area contributed by atoms with E-state index in [0.717, 1.165) is 11.3 Å². The van der Waals surface area contributed by atoms with Crippen LogP contribution in [0.1, 0.15) is 33.1 Å². The first-order chi connectivity index (χ1) is 13.5. The van der Waals surface area contributed by atoms with E-state index in [9.17, 15) is 9.59 Å². The van der Waals surface area contributed by atoms with E-state index in [2.05, 4.69) is 10.4 Å². The maximum absolute atomic E-state index is 12.9. The minimum atomic E-state index is -0.251. The van der Waals surface area contributed by atoms with Gasteiger partial charge in [0.1, 0.15) is 5.76 Å². The number of benzene rings is 1. The Morgan fingerprint density at radius 1 is 1.14 bits per heavy atom. The van der Waals surface area contributed by atoms with Crippen LogP contribution in [0.3, 0.4) is 0 Å². The third-order valence-electron chi connectivity index (χ3n) is 4.54. The van der Waals surface area contributed by atoms with Crippen LogP contribution in [0, 0.1) is 13.8 Å². The summed E-state index contributed by atoms with van der Waals surface area (Å²) in [5.74, 6) is 0.193. The predicted molar refractivity (Wildman–Crippen MR) is 105 cm³/mol. The highest BCUT2D eigenvalue weighted by atomic mass is 16.3. The smallest absolute Gasteiger partial charge is 0.257 e. The number of carbonyl (C=O) groups excluding carboxylic acids is 2. The summed E-state index contributed by atoms with van der Waals surface area (Å²) in [6, 6.07) is 13.5. The molecule has 2 aromatic heterocycles. The minimum Gasteiger partial charge on any atom is -0.467 e. The van der Waals surface area contributed by atoms with Gasteiger partial charge in [0.05, 0.1) is 37.2 Å². The Labute approximate surface area is 163 Å². The molecule has 0 saturated carbocycles. The Kier molecular flexibility index (Phi) is 5.93. The Hall–Kier alpha value is -3.35. The summed E-state index contributed by atoms with van der Waals surface area (Å²) in [4.78, 5) is 26.4. The van der Waals surface area contributed by atoms with Crippen molar-refractivity contribution in [3.05, 3.63) is 77.0 Å². The fourth-order valence-electron chi connectivity index (χ4n) is 3.05. The highest BCUT2D eigenvalue weighted by Crippen LogP contribution is 2.16. The zero-order valence-corrected chi connectivity index (χ0v) is 16.3. The molecule has 7 nitrogen and oxygen atoms in total. The van der Waals surface area contributed by atoms with Gasteiger partial charge in [-0.3, -0.25) is 14.3 Å². The number of amides is 2. The second-order valence-electron chi connectivity index (χ2n) is 6.71. The number of furan rings is 1. The molecule has 28 heavy (non-hydrogen) atoms. The van der Waals surface area contributed by atoms with Crippen molar-refractivity contribution in [3.63, 3.8) is 0 Å². The maximum atomic E-state index is 12.9. The van der Waals surface area contributed by atoms with Crippen LogP contribution in [-0.2, 0) is 17.9 Å². The second-order valence-corrected chi connectivity index (χ2v) is 6.71. The lowest BCUT2D eigenvalue weighted by atomic mass is 10.1. The Bertz CT molecular complexity index is 946. The van der Waals surface area contributed by atoms with Crippen LogP contribution in [0.15, 0.2) is 53.1 Å². The molecule has 2 amide bonds. The first kappa shape index (κ1) is 19.4. The molecule has 0 fully saturated rings. The van der Waals surface area contributed by atoms with Crippen molar-refractivity contribution in [1.82, 2.24) is 20.0 Å². The summed E-state index contributed by atoms with van der Waals surface area (Å²) in [6.45, 7) is 4.53. The zero-order chi connectivity index (χ0) is 20.1. The number of aromatic nitrogens is 2. The molecule has 146 valence electrons. The fraction of sp³-hybridized carbons (Fsp3) is 0.286. The molecule has 1 aromatic carbocycles. The summed E-state index contributed by atoms with van der Waals surface area (Å²) in [6.07, 6.45) is 1.55. The molecule has 0 atom stereocenters. The highest BCUT2D eigenvalue weighted by Gasteiger charge is 2.23. The van der Waals surface area contributed by atoms with Gasteiger partial charge in [0.15, 0.2) is 0 Å². The molecule has 0 radical (unpaired) electrons. The van der Waals surface area contributed by atoms with E-state index >= 15 is 0 Å². The third kappa shape index (κ3) is 4.49. The van der Waals surface area contributed by atoms with E-state index in [-0.39, 0.29) is 18.4 Å². The van der Waals surface area contributed by atoms with Crippen LogP contribution < -0.4 is 5.32 Å². The number of hydrogen-bond donors (Lipinski definition) is 1. The van der Waals surface area contributed by atoms with Gasteiger partial charge in [0.2, 0.25) is 5.91 Å². The molecule has 0 aliphatic carbocycles. The van der Waals surface area contributed by atoms with E-state index in [1.165, 1.54) is 4.90 Å². The van der Waals surface area contributed by atoms with Gasteiger partial charge < -0.3 is 14.6 Å². The summed E-state index contributed by atoms with van der Waals surface area (Å²) in [5.41, 5.74) is 3.09. The summed E-state index contributed by atoms with van der Waals surface area (Å²) < 4.78 is 7.00. The lowest BCUT2D eigenvalue weighted by molar-refractivity contribution is -0.121. The summed E-state index contributed by atoms with van der Waals surface area (Å²) in [5, 5.41) is 7.26. The fourth-order valence-corrected chi connectivity index (χ4v) is 3.05. The highest BCUT2D eigenvalue weighted by molar-refractivity contribution is 5.98. The number of aryl methyl sites for hydroxylation is 1. The van der Waals surface area contributed by atoms with Crippen molar-refractivity contribution < 1.29 is 14.0 Å². The lowest BCUT2D eigenvalue weighted by Gasteiger charge is -2.17. The van der Waals surface area contributed by atoms with Gasteiger partial charge in [-0.15, -0.1) is 0 Å². The summed E-state index contributed by atoms with van der Waals surface area (Å²) in [7, 11) is 1.61. The number of nitrogens with zero attached hydrogens (tertiary/aromatic N) is 3. The van der Waals surface area contributed by atoms with Gasteiger partial charge in [-0.05, 0) is 31.5 Å². The van der Waals surface area contributed by atoms with E-state index < -0.39 is 0 Å². The monoisotopic (exact) mass is 380 g/mol. The zero-order valence-electron chi connectivity index (χ0n) is 16.3. The molecular formula is C21H24N4O3. The number of likely N-dealkylation sites (N-methyl/N-ethyl adjacent to an activating group) is 1. The van der Waals surface area contributed by atoms with Crippen molar-refractivity contribution in [2.75, 3.05) is 13.6 Å². The second kappa shape index (κ2) is 8.56. The molecule has 1 N–H and O–H groups in total.